The second-order valence-electron chi connectivity index (χ2n) is 2.12. The molecule has 0 bridgehead atoms. The number of unbranched alkanes of at least 4 members (excludes halogenated alkanes) is 1. The first kappa shape index (κ1) is 16.5. The van der Waals surface area contributed by atoms with E-state index in [1.165, 1.54) is 19.3 Å². The van der Waals surface area contributed by atoms with Gasteiger partial charge in [0.1, 0.15) is 0 Å². The van der Waals surface area contributed by atoms with E-state index in [4.69, 9.17) is 9.94 Å². The Morgan fingerprint density at radius 3 is 2.00 bits per heavy atom. The Morgan fingerprint density at radius 1 is 1.50 bits per heavy atom. The Balaban J connectivity index is -0.000000149. The standard InChI is InChI=1S/C6H15N.OS.H2O/c1-3-4-5-6(2)7;1-2;/h6H,3-5,7H2,1-2H3;;1H2. The molecular formula is C6H17NO2S. The summed E-state index contributed by atoms with van der Waals surface area (Å²) in [6.45, 7) is 4.23. The molecule has 10 heavy (non-hydrogen) atoms. The number of nitrogens with two attached hydrogens (primary N) is 1. The number of hydrogen-bond acceptors (Lipinski definition) is 3. The van der Waals surface area contributed by atoms with Crippen LogP contribution in [0.2, 0.25) is 0 Å². The molecule has 3 nitrogen and oxygen atoms in total. The fraction of sp³-hybridized carbons (Fsp3) is 1.00. The van der Waals surface area contributed by atoms with Gasteiger partial charge in [-0.3, -0.25) is 0 Å². The van der Waals surface area contributed by atoms with Crippen molar-refractivity contribution in [1.82, 2.24) is 0 Å². The zero-order chi connectivity index (χ0) is 7.70. The van der Waals surface area contributed by atoms with Gasteiger partial charge in [-0.15, -0.1) is 0 Å². The van der Waals surface area contributed by atoms with Crippen molar-refractivity contribution < 1.29 is 9.69 Å². The lowest BCUT2D eigenvalue weighted by Gasteiger charge is -1.99. The summed E-state index contributed by atoms with van der Waals surface area (Å²) >= 11 is 2.83. The Morgan fingerprint density at radius 2 is 1.90 bits per heavy atom. The van der Waals surface area contributed by atoms with Gasteiger partial charge in [0.25, 0.3) is 0 Å². The van der Waals surface area contributed by atoms with Crippen molar-refractivity contribution >= 4 is 12.5 Å². The molecule has 0 heterocycles. The van der Waals surface area contributed by atoms with Crippen LogP contribution in [-0.2, 0) is 12.5 Å². The molecule has 0 aliphatic heterocycles. The van der Waals surface area contributed by atoms with Crippen LogP contribution in [0.5, 0.6) is 0 Å². The fourth-order valence-corrected chi connectivity index (χ4v) is 0.526. The van der Waals surface area contributed by atoms with Gasteiger partial charge in [-0.05, 0) is 13.3 Å². The average Bonchev–Trinajstić information content (AvgIpc) is 1.88. The Bertz CT molecular complexity index is 53.0. The molecule has 0 spiro atoms. The highest BCUT2D eigenvalue weighted by molar-refractivity contribution is 7.44. The minimum Gasteiger partial charge on any atom is -0.412 e. The Kier molecular flexibility index (Phi) is 26.3. The predicted molar refractivity (Wildman–Crippen MR) is 44.9 cm³/mol. The first-order chi connectivity index (χ1) is 4.27. The van der Waals surface area contributed by atoms with E-state index in [1.807, 2.05) is 0 Å². The lowest BCUT2D eigenvalue weighted by molar-refractivity contribution is 0.616. The fourth-order valence-electron chi connectivity index (χ4n) is 0.526. The molecule has 4 heteroatoms. The second-order valence-corrected chi connectivity index (χ2v) is 2.12. The van der Waals surface area contributed by atoms with Gasteiger partial charge in [-0.2, -0.15) is 4.21 Å². The lowest BCUT2D eigenvalue weighted by Crippen LogP contribution is -2.13. The van der Waals surface area contributed by atoms with Gasteiger partial charge in [-0.1, -0.05) is 19.8 Å². The van der Waals surface area contributed by atoms with Crippen LogP contribution in [0.15, 0.2) is 0 Å². The van der Waals surface area contributed by atoms with E-state index in [-0.39, 0.29) is 5.48 Å². The zero-order valence-corrected chi connectivity index (χ0v) is 7.41. The van der Waals surface area contributed by atoms with Crippen LogP contribution in [-0.4, -0.2) is 15.7 Å². The van der Waals surface area contributed by atoms with Crippen molar-refractivity contribution in [3.63, 3.8) is 0 Å². The molecule has 0 saturated heterocycles. The minimum absolute atomic E-state index is 0. The highest BCUT2D eigenvalue weighted by atomic mass is 32.1. The molecule has 0 aliphatic rings. The summed E-state index contributed by atoms with van der Waals surface area (Å²) in [6, 6.07) is 0.403. The monoisotopic (exact) mass is 167 g/mol. The van der Waals surface area contributed by atoms with E-state index in [9.17, 15) is 0 Å². The number of rotatable bonds is 3. The molecule has 0 fully saturated rings. The maximum absolute atomic E-state index is 7.83. The molecule has 0 aromatic rings. The van der Waals surface area contributed by atoms with E-state index in [2.05, 4.69) is 26.4 Å². The normalized spacial score (nSPS) is 10.3. The summed E-state index contributed by atoms with van der Waals surface area (Å²) in [6.07, 6.45) is 3.72. The van der Waals surface area contributed by atoms with Gasteiger partial charge in [0.15, 0.2) is 12.5 Å². The van der Waals surface area contributed by atoms with E-state index < -0.39 is 0 Å². The third-order valence-electron chi connectivity index (χ3n) is 1.01. The third-order valence-corrected chi connectivity index (χ3v) is 1.01. The molecule has 0 aliphatic carbocycles. The van der Waals surface area contributed by atoms with Gasteiger partial charge in [0, 0.05) is 6.04 Å². The topological polar surface area (TPSA) is 74.6 Å². The van der Waals surface area contributed by atoms with Gasteiger partial charge in [0.2, 0.25) is 0 Å². The molecule has 0 aromatic carbocycles. The average molecular weight is 167 g/mol. The Hall–Kier alpha value is -0.0600. The van der Waals surface area contributed by atoms with Crippen LogP contribution < -0.4 is 5.73 Å². The summed E-state index contributed by atoms with van der Waals surface area (Å²) < 4.78 is 7.83. The quantitative estimate of drug-likeness (QED) is 0.659. The first-order valence-corrected chi connectivity index (χ1v) is 3.53. The molecule has 1 unspecified atom stereocenters. The minimum atomic E-state index is 0. The first-order valence-electron chi connectivity index (χ1n) is 3.19. The van der Waals surface area contributed by atoms with Crippen molar-refractivity contribution in [3.8, 4) is 0 Å². The van der Waals surface area contributed by atoms with Crippen LogP contribution in [0.1, 0.15) is 33.1 Å². The molecule has 1 atom stereocenters. The van der Waals surface area contributed by atoms with Crippen molar-refractivity contribution in [2.24, 2.45) is 5.73 Å². The molecule has 0 amide bonds. The number of hydrogen-bond donors (Lipinski definition) is 1. The van der Waals surface area contributed by atoms with E-state index in [1.54, 1.807) is 0 Å². The lowest BCUT2D eigenvalue weighted by atomic mass is 10.2. The summed E-state index contributed by atoms with van der Waals surface area (Å²) in [5.41, 5.74) is 5.48. The molecule has 64 valence electrons. The van der Waals surface area contributed by atoms with E-state index in [0.29, 0.717) is 6.04 Å². The zero-order valence-electron chi connectivity index (χ0n) is 6.59. The van der Waals surface area contributed by atoms with E-state index >= 15 is 0 Å². The van der Waals surface area contributed by atoms with Crippen LogP contribution in [0.4, 0.5) is 0 Å². The second kappa shape index (κ2) is 16.0. The molecule has 0 rings (SSSR count). The van der Waals surface area contributed by atoms with Crippen molar-refractivity contribution in [3.05, 3.63) is 0 Å². The predicted octanol–water partition coefficient (Wildman–Crippen LogP) is 0.363. The van der Waals surface area contributed by atoms with Crippen LogP contribution in [0, 0.1) is 0 Å². The molecular weight excluding hydrogens is 150 g/mol. The van der Waals surface area contributed by atoms with Crippen LogP contribution in [0.3, 0.4) is 0 Å². The SMILES string of the molecule is CCCCC(C)N.O.O=S. The third kappa shape index (κ3) is 24.6. The van der Waals surface area contributed by atoms with Gasteiger partial charge >= 0.3 is 0 Å². The van der Waals surface area contributed by atoms with Crippen molar-refractivity contribution in [2.45, 2.75) is 39.2 Å². The highest BCUT2D eigenvalue weighted by Gasteiger charge is 1.88. The van der Waals surface area contributed by atoms with E-state index in [0.717, 1.165) is 0 Å². The van der Waals surface area contributed by atoms with Gasteiger partial charge < -0.3 is 11.2 Å². The summed E-state index contributed by atoms with van der Waals surface area (Å²) in [5.74, 6) is 0. The maximum atomic E-state index is 7.83. The van der Waals surface area contributed by atoms with Crippen LogP contribution in [0.25, 0.3) is 0 Å². The summed E-state index contributed by atoms with van der Waals surface area (Å²) in [5, 5.41) is 0. The molecule has 0 radical (unpaired) electrons. The van der Waals surface area contributed by atoms with Gasteiger partial charge in [0.05, 0.1) is 0 Å². The molecule has 0 saturated carbocycles. The van der Waals surface area contributed by atoms with Crippen LogP contribution >= 0.6 is 0 Å². The molecule has 0 aromatic heterocycles. The maximum Gasteiger partial charge on any atom is 0.197 e. The van der Waals surface area contributed by atoms with Crippen molar-refractivity contribution in [2.75, 3.05) is 0 Å². The summed E-state index contributed by atoms with van der Waals surface area (Å²) in [4.78, 5) is 0. The smallest absolute Gasteiger partial charge is 0.197 e. The molecule has 4 N–H and O–H groups in total. The Labute approximate surface area is 67.8 Å². The van der Waals surface area contributed by atoms with Crippen molar-refractivity contribution in [1.29, 1.82) is 0 Å². The summed E-state index contributed by atoms with van der Waals surface area (Å²) in [7, 11) is 0. The highest BCUT2D eigenvalue weighted by Crippen LogP contribution is 1.95. The largest absolute Gasteiger partial charge is 0.412 e. The van der Waals surface area contributed by atoms with Gasteiger partial charge in [-0.25, -0.2) is 0 Å².